The summed E-state index contributed by atoms with van der Waals surface area (Å²) in [6, 6.07) is 20.1. The van der Waals surface area contributed by atoms with Gasteiger partial charge in [0.15, 0.2) is 0 Å². The predicted molar refractivity (Wildman–Crippen MR) is 122 cm³/mol. The van der Waals surface area contributed by atoms with Gasteiger partial charge in [-0.25, -0.2) is 0 Å². The molecule has 0 aromatic heterocycles. The van der Waals surface area contributed by atoms with Gasteiger partial charge in [0.25, 0.3) is 5.91 Å². The molecule has 1 heterocycles. The van der Waals surface area contributed by atoms with Crippen molar-refractivity contribution in [2.45, 2.75) is 64.3 Å². The zero-order valence-corrected chi connectivity index (χ0v) is 17.9. The first kappa shape index (κ1) is 21.3. The maximum Gasteiger partial charge on any atom is 0.251 e. The van der Waals surface area contributed by atoms with Crippen LogP contribution in [0.25, 0.3) is 0 Å². The van der Waals surface area contributed by atoms with E-state index in [2.05, 4.69) is 43.4 Å². The molecule has 1 unspecified atom stereocenters. The largest absolute Gasteiger partial charge is 0.346 e. The van der Waals surface area contributed by atoms with Crippen LogP contribution in [0.4, 0.5) is 0 Å². The number of hydrogen-bond acceptors (Lipinski definition) is 2. The van der Waals surface area contributed by atoms with Crippen molar-refractivity contribution in [3.63, 3.8) is 0 Å². The zero-order valence-electron chi connectivity index (χ0n) is 17.9. The van der Waals surface area contributed by atoms with E-state index < -0.39 is 0 Å². The smallest absolute Gasteiger partial charge is 0.251 e. The summed E-state index contributed by atoms with van der Waals surface area (Å²) in [5, 5.41) is 3.54. The van der Waals surface area contributed by atoms with Crippen LogP contribution in [0.1, 0.15) is 74.7 Å². The van der Waals surface area contributed by atoms with Gasteiger partial charge >= 0.3 is 0 Å². The third-order valence-corrected chi connectivity index (χ3v) is 6.12. The summed E-state index contributed by atoms with van der Waals surface area (Å²) in [6.07, 6.45) is 7.47. The summed E-state index contributed by atoms with van der Waals surface area (Å²) in [7, 11) is 0. The molecule has 0 fully saturated rings. The molecular weight excluding hydrogens is 356 g/mol. The molecule has 0 saturated heterocycles. The second kappa shape index (κ2) is 10.4. The van der Waals surface area contributed by atoms with Gasteiger partial charge < -0.3 is 5.32 Å². The number of rotatable bonds is 10. The van der Waals surface area contributed by atoms with E-state index in [-0.39, 0.29) is 17.4 Å². The molecule has 2 aromatic rings. The number of hydrogen-bond donors (Lipinski definition) is 1. The van der Waals surface area contributed by atoms with Crippen LogP contribution in [0.15, 0.2) is 65.7 Å². The van der Waals surface area contributed by atoms with Crippen LogP contribution in [-0.2, 0) is 0 Å². The van der Waals surface area contributed by atoms with Gasteiger partial charge in [0, 0.05) is 29.3 Å². The molecule has 1 N–H and O–H groups in total. The maximum atomic E-state index is 13.2. The van der Waals surface area contributed by atoms with Gasteiger partial charge in [-0.1, -0.05) is 88.1 Å². The van der Waals surface area contributed by atoms with E-state index in [1.165, 1.54) is 11.3 Å². The fraction of sp³-hybridized carbons (Fsp3) is 0.462. The summed E-state index contributed by atoms with van der Waals surface area (Å²) >= 11 is 0. The van der Waals surface area contributed by atoms with Crippen molar-refractivity contribution in [1.29, 1.82) is 0 Å². The quantitative estimate of drug-likeness (QED) is 0.527. The lowest BCUT2D eigenvalue weighted by molar-refractivity contribution is 0.0852. The molecule has 154 valence electrons. The minimum absolute atomic E-state index is 0.0390. The summed E-state index contributed by atoms with van der Waals surface area (Å²) in [5.41, 5.74) is 2.86. The number of amides is 1. The molecule has 0 radical (unpaired) electrons. The van der Waals surface area contributed by atoms with Crippen molar-refractivity contribution >= 4 is 11.6 Å². The first-order valence-corrected chi connectivity index (χ1v) is 11.2. The van der Waals surface area contributed by atoms with E-state index in [0.717, 1.165) is 57.1 Å². The Bertz CT molecular complexity index is 790. The molecular formula is C26H34N2O. The Hall–Kier alpha value is -2.42. The van der Waals surface area contributed by atoms with Crippen LogP contribution in [0, 0.1) is 5.92 Å². The number of unbranched alkanes of at least 4 members (excludes halogenated alkanes) is 2. The van der Waals surface area contributed by atoms with E-state index >= 15 is 0 Å². The molecule has 3 rings (SSSR count). The Labute approximate surface area is 175 Å². The number of carbonyl (C=O) groups is 1. The van der Waals surface area contributed by atoms with E-state index in [1.54, 1.807) is 0 Å². The molecule has 0 bridgehead atoms. The number of carbonyl (C=O) groups excluding carboxylic acids is 1. The second-order valence-corrected chi connectivity index (χ2v) is 8.16. The number of aliphatic imine (C=N–C) groups is 1. The summed E-state index contributed by atoms with van der Waals surface area (Å²) in [5.74, 6) is 0.299. The molecule has 29 heavy (non-hydrogen) atoms. The van der Waals surface area contributed by atoms with Gasteiger partial charge in [-0.05, 0) is 37.0 Å². The fourth-order valence-corrected chi connectivity index (χ4v) is 4.56. The van der Waals surface area contributed by atoms with E-state index in [4.69, 9.17) is 4.99 Å². The van der Waals surface area contributed by atoms with E-state index in [0.29, 0.717) is 0 Å². The predicted octanol–water partition coefficient (Wildman–Crippen LogP) is 6.04. The highest BCUT2D eigenvalue weighted by molar-refractivity contribution is 6.04. The Morgan fingerprint density at radius 2 is 1.55 bits per heavy atom. The van der Waals surface area contributed by atoms with Gasteiger partial charge in [-0.3, -0.25) is 9.79 Å². The first-order chi connectivity index (χ1) is 14.2. The minimum Gasteiger partial charge on any atom is -0.346 e. The van der Waals surface area contributed by atoms with Crippen LogP contribution in [0.2, 0.25) is 0 Å². The number of nitrogens with one attached hydrogen (secondary N) is 1. The number of nitrogens with zero attached hydrogens (tertiary/aromatic N) is 1. The summed E-state index contributed by atoms with van der Waals surface area (Å²) in [6.45, 7) is 5.30. The highest BCUT2D eigenvalue weighted by atomic mass is 16.1. The minimum atomic E-state index is -0.246. The van der Waals surface area contributed by atoms with Gasteiger partial charge in [0.2, 0.25) is 0 Å². The van der Waals surface area contributed by atoms with Crippen LogP contribution in [0.5, 0.6) is 0 Å². The van der Waals surface area contributed by atoms with Crippen LogP contribution < -0.4 is 5.32 Å². The molecule has 0 saturated carbocycles. The van der Waals surface area contributed by atoms with Crippen LogP contribution in [-0.4, -0.2) is 23.7 Å². The van der Waals surface area contributed by atoms with Gasteiger partial charge in [-0.15, -0.1) is 0 Å². The fourth-order valence-electron chi connectivity index (χ4n) is 4.56. The van der Waals surface area contributed by atoms with Crippen molar-refractivity contribution in [2.75, 3.05) is 6.54 Å². The molecule has 1 aliphatic rings. The average molecular weight is 391 g/mol. The first-order valence-electron chi connectivity index (χ1n) is 11.2. The maximum absolute atomic E-state index is 13.2. The van der Waals surface area contributed by atoms with Gasteiger partial charge in [-0.2, -0.15) is 0 Å². The Kier molecular flexibility index (Phi) is 7.62. The van der Waals surface area contributed by atoms with Crippen molar-refractivity contribution < 1.29 is 4.79 Å². The van der Waals surface area contributed by atoms with Gasteiger partial charge in [0.05, 0.1) is 0 Å². The third-order valence-electron chi connectivity index (χ3n) is 6.12. The molecule has 3 nitrogen and oxygen atoms in total. The molecule has 2 aromatic carbocycles. The van der Waals surface area contributed by atoms with E-state index in [9.17, 15) is 4.79 Å². The average Bonchev–Trinajstić information content (AvgIpc) is 3.27. The molecule has 0 spiro atoms. The summed E-state index contributed by atoms with van der Waals surface area (Å²) < 4.78 is 0. The molecule has 0 aliphatic carbocycles. The molecule has 1 amide bonds. The second-order valence-electron chi connectivity index (χ2n) is 8.16. The Morgan fingerprint density at radius 1 is 0.966 bits per heavy atom. The van der Waals surface area contributed by atoms with Crippen molar-refractivity contribution in [3.05, 3.63) is 71.8 Å². The molecule has 1 atom stereocenters. The lowest BCUT2D eigenvalue weighted by atomic mass is 9.71. The Morgan fingerprint density at radius 3 is 2.14 bits per heavy atom. The highest BCUT2D eigenvalue weighted by Gasteiger charge is 2.43. The topological polar surface area (TPSA) is 41.5 Å². The normalized spacial score (nSPS) is 16.5. The van der Waals surface area contributed by atoms with Crippen LogP contribution in [0.3, 0.4) is 0 Å². The standard InChI is InChI=1S/C26H34N2O/c1-3-5-18-26(19-6-4-2,28-25(29)22-15-11-8-12-16-22)23-17-20-27-24(23)21-13-9-7-10-14-21/h7-16,23H,3-6,17-20H2,1-2H3,(H,28,29). The third kappa shape index (κ3) is 5.14. The summed E-state index contributed by atoms with van der Waals surface area (Å²) in [4.78, 5) is 18.2. The monoisotopic (exact) mass is 390 g/mol. The Balaban J connectivity index is 1.96. The van der Waals surface area contributed by atoms with Crippen molar-refractivity contribution in [2.24, 2.45) is 10.9 Å². The molecule has 1 aliphatic heterocycles. The SMILES string of the molecule is CCCCC(CCCC)(NC(=O)c1ccccc1)C1CCN=C1c1ccccc1. The number of benzene rings is 2. The lowest BCUT2D eigenvalue weighted by Gasteiger charge is -2.41. The zero-order chi connectivity index (χ0) is 20.5. The van der Waals surface area contributed by atoms with E-state index in [1.807, 2.05) is 36.4 Å². The van der Waals surface area contributed by atoms with Gasteiger partial charge in [0.1, 0.15) is 0 Å². The highest BCUT2D eigenvalue weighted by Crippen LogP contribution is 2.38. The van der Waals surface area contributed by atoms with Crippen molar-refractivity contribution in [1.82, 2.24) is 5.32 Å². The van der Waals surface area contributed by atoms with Crippen LogP contribution >= 0.6 is 0 Å². The lowest BCUT2D eigenvalue weighted by Crippen LogP contribution is -2.55. The van der Waals surface area contributed by atoms with Crippen molar-refractivity contribution in [3.8, 4) is 0 Å². The molecule has 3 heteroatoms.